The van der Waals surface area contributed by atoms with E-state index in [2.05, 4.69) is 15.9 Å². The van der Waals surface area contributed by atoms with Crippen LogP contribution < -0.4 is 4.74 Å². The summed E-state index contributed by atoms with van der Waals surface area (Å²) in [5, 5.41) is 9.73. The van der Waals surface area contributed by atoms with Gasteiger partial charge >= 0.3 is 0 Å². The van der Waals surface area contributed by atoms with Crippen molar-refractivity contribution in [2.45, 2.75) is 32.0 Å². The molecule has 1 aliphatic heterocycles. The van der Waals surface area contributed by atoms with E-state index in [0.29, 0.717) is 0 Å². The molecule has 0 radical (unpaired) electrons. The van der Waals surface area contributed by atoms with Crippen LogP contribution in [0, 0.1) is 0 Å². The van der Waals surface area contributed by atoms with Crippen LogP contribution in [0.15, 0.2) is 22.7 Å². The van der Waals surface area contributed by atoms with Crippen molar-refractivity contribution >= 4 is 15.9 Å². The molecular weight excluding hydrogens is 284 g/mol. The van der Waals surface area contributed by atoms with Gasteiger partial charge in [-0.1, -0.05) is 15.9 Å². The van der Waals surface area contributed by atoms with Crippen molar-refractivity contribution in [2.24, 2.45) is 0 Å². The second-order valence-corrected chi connectivity index (χ2v) is 5.20. The molecule has 0 bridgehead atoms. The second-order valence-electron chi connectivity index (χ2n) is 4.29. The lowest BCUT2D eigenvalue weighted by Gasteiger charge is -2.25. The zero-order valence-electron chi connectivity index (χ0n) is 9.86. The van der Waals surface area contributed by atoms with Crippen molar-refractivity contribution in [3.8, 4) is 5.75 Å². The van der Waals surface area contributed by atoms with Crippen molar-refractivity contribution in [3.63, 3.8) is 0 Å². The molecule has 1 unspecified atom stereocenters. The highest BCUT2D eigenvalue weighted by Crippen LogP contribution is 2.30. The van der Waals surface area contributed by atoms with Gasteiger partial charge in [0, 0.05) is 22.9 Å². The SMILES string of the molecule is CC(O)c1cc(Br)ccc1OC1CCOCC1. The van der Waals surface area contributed by atoms with Crippen molar-refractivity contribution in [3.05, 3.63) is 28.2 Å². The van der Waals surface area contributed by atoms with Gasteiger partial charge in [-0.25, -0.2) is 0 Å². The van der Waals surface area contributed by atoms with E-state index in [-0.39, 0.29) is 6.10 Å². The highest BCUT2D eigenvalue weighted by molar-refractivity contribution is 9.10. The molecule has 1 fully saturated rings. The maximum atomic E-state index is 9.73. The lowest BCUT2D eigenvalue weighted by atomic mass is 10.1. The fraction of sp³-hybridized carbons (Fsp3) is 0.538. The zero-order valence-corrected chi connectivity index (χ0v) is 11.4. The molecule has 4 heteroatoms. The smallest absolute Gasteiger partial charge is 0.125 e. The maximum Gasteiger partial charge on any atom is 0.125 e. The van der Waals surface area contributed by atoms with Crippen molar-refractivity contribution in [2.75, 3.05) is 13.2 Å². The van der Waals surface area contributed by atoms with Crippen LogP contribution in [0.2, 0.25) is 0 Å². The number of halogens is 1. The molecule has 0 aliphatic carbocycles. The summed E-state index contributed by atoms with van der Waals surface area (Å²) in [5.41, 5.74) is 0.825. The standard InChI is InChI=1S/C13H17BrO3/c1-9(15)12-8-10(14)2-3-13(12)17-11-4-6-16-7-5-11/h2-3,8-9,11,15H,4-7H2,1H3. The van der Waals surface area contributed by atoms with Gasteiger partial charge < -0.3 is 14.6 Å². The highest BCUT2D eigenvalue weighted by atomic mass is 79.9. The average molecular weight is 301 g/mol. The van der Waals surface area contributed by atoms with E-state index in [9.17, 15) is 5.11 Å². The molecule has 17 heavy (non-hydrogen) atoms. The Labute approximate surface area is 110 Å². The molecule has 2 rings (SSSR count). The molecule has 0 amide bonds. The van der Waals surface area contributed by atoms with Crippen LogP contribution in [0.1, 0.15) is 31.4 Å². The lowest BCUT2D eigenvalue weighted by molar-refractivity contribution is 0.0242. The summed E-state index contributed by atoms with van der Waals surface area (Å²) in [7, 11) is 0. The van der Waals surface area contributed by atoms with Gasteiger partial charge in [0.1, 0.15) is 11.9 Å². The summed E-state index contributed by atoms with van der Waals surface area (Å²) < 4.78 is 12.2. The largest absolute Gasteiger partial charge is 0.490 e. The number of hydrogen-bond donors (Lipinski definition) is 1. The fourth-order valence-electron chi connectivity index (χ4n) is 1.93. The average Bonchev–Trinajstić information content (AvgIpc) is 2.32. The van der Waals surface area contributed by atoms with Crippen LogP contribution in [0.3, 0.4) is 0 Å². The number of rotatable bonds is 3. The third kappa shape index (κ3) is 3.44. The van der Waals surface area contributed by atoms with Gasteiger partial charge in [0.05, 0.1) is 19.3 Å². The highest BCUT2D eigenvalue weighted by Gasteiger charge is 2.18. The number of aliphatic hydroxyl groups is 1. The van der Waals surface area contributed by atoms with Crippen molar-refractivity contribution in [1.29, 1.82) is 0 Å². The van der Waals surface area contributed by atoms with E-state index < -0.39 is 6.10 Å². The zero-order chi connectivity index (χ0) is 12.3. The molecule has 1 saturated heterocycles. The minimum atomic E-state index is -0.526. The summed E-state index contributed by atoms with van der Waals surface area (Å²) in [6, 6.07) is 5.74. The Kier molecular flexibility index (Phi) is 4.42. The van der Waals surface area contributed by atoms with E-state index in [1.54, 1.807) is 6.92 Å². The molecule has 1 aromatic carbocycles. The molecule has 1 heterocycles. The van der Waals surface area contributed by atoms with Gasteiger partial charge in [0.25, 0.3) is 0 Å². The van der Waals surface area contributed by atoms with E-state index in [0.717, 1.165) is 41.8 Å². The Morgan fingerprint density at radius 2 is 2.12 bits per heavy atom. The molecule has 3 nitrogen and oxygen atoms in total. The molecule has 0 spiro atoms. The first-order valence-corrected chi connectivity index (χ1v) is 6.68. The maximum absolute atomic E-state index is 9.73. The molecule has 94 valence electrons. The quantitative estimate of drug-likeness (QED) is 0.932. The van der Waals surface area contributed by atoms with Gasteiger partial charge in [0.2, 0.25) is 0 Å². The Balaban J connectivity index is 2.13. The molecule has 1 N–H and O–H groups in total. The van der Waals surface area contributed by atoms with Crippen LogP contribution in [-0.2, 0) is 4.74 Å². The normalized spacial score (nSPS) is 19.0. The topological polar surface area (TPSA) is 38.7 Å². The second kappa shape index (κ2) is 5.85. The molecular formula is C13H17BrO3. The van der Waals surface area contributed by atoms with E-state index in [1.807, 2.05) is 18.2 Å². The molecule has 1 atom stereocenters. The van der Waals surface area contributed by atoms with E-state index in [1.165, 1.54) is 0 Å². The first-order valence-electron chi connectivity index (χ1n) is 5.88. The summed E-state index contributed by atoms with van der Waals surface area (Å²) in [5.74, 6) is 0.773. The molecule has 1 aromatic rings. The minimum Gasteiger partial charge on any atom is -0.490 e. The van der Waals surface area contributed by atoms with Crippen molar-refractivity contribution in [1.82, 2.24) is 0 Å². The molecule has 0 saturated carbocycles. The van der Waals surface area contributed by atoms with Gasteiger partial charge in [0.15, 0.2) is 0 Å². The van der Waals surface area contributed by atoms with Crippen LogP contribution in [0.5, 0.6) is 5.75 Å². The predicted octanol–water partition coefficient (Wildman–Crippen LogP) is 3.06. The number of benzene rings is 1. The third-order valence-corrected chi connectivity index (χ3v) is 3.38. The lowest BCUT2D eigenvalue weighted by Crippen LogP contribution is -2.26. The first kappa shape index (κ1) is 12.9. The van der Waals surface area contributed by atoms with Gasteiger partial charge in [-0.2, -0.15) is 0 Å². The Morgan fingerprint density at radius 1 is 1.41 bits per heavy atom. The monoisotopic (exact) mass is 300 g/mol. The van der Waals surface area contributed by atoms with Crippen LogP contribution in [0.4, 0.5) is 0 Å². The van der Waals surface area contributed by atoms with Gasteiger partial charge in [-0.15, -0.1) is 0 Å². The van der Waals surface area contributed by atoms with Crippen LogP contribution in [-0.4, -0.2) is 24.4 Å². The Morgan fingerprint density at radius 3 is 2.76 bits per heavy atom. The summed E-state index contributed by atoms with van der Waals surface area (Å²) in [6.07, 6.45) is 1.50. The number of ether oxygens (including phenoxy) is 2. The number of aliphatic hydroxyl groups excluding tert-OH is 1. The van der Waals surface area contributed by atoms with Crippen molar-refractivity contribution < 1.29 is 14.6 Å². The Hall–Kier alpha value is -0.580. The minimum absolute atomic E-state index is 0.197. The van der Waals surface area contributed by atoms with E-state index >= 15 is 0 Å². The van der Waals surface area contributed by atoms with Gasteiger partial charge in [-0.3, -0.25) is 0 Å². The van der Waals surface area contributed by atoms with Crippen LogP contribution in [0.25, 0.3) is 0 Å². The molecule has 1 aliphatic rings. The van der Waals surface area contributed by atoms with E-state index in [4.69, 9.17) is 9.47 Å². The molecule has 0 aromatic heterocycles. The summed E-state index contributed by atoms with van der Waals surface area (Å²) in [4.78, 5) is 0. The predicted molar refractivity (Wildman–Crippen MR) is 69.2 cm³/mol. The van der Waals surface area contributed by atoms with Crippen LogP contribution >= 0.6 is 15.9 Å². The summed E-state index contributed by atoms with van der Waals surface area (Å²) in [6.45, 7) is 3.26. The van der Waals surface area contributed by atoms with Gasteiger partial charge in [-0.05, 0) is 25.1 Å². The first-order chi connectivity index (χ1) is 8.16. The Bertz CT molecular complexity index is 373. The fourth-order valence-corrected chi connectivity index (χ4v) is 2.31. The number of hydrogen-bond acceptors (Lipinski definition) is 3. The third-order valence-electron chi connectivity index (χ3n) is 2.88. The summed E-state index contributed by atoms with van der Waals surface area (Å²) >= 11 is 3.40.